The highest BCUT2D eigenvalue weighted by Crippen LogP contribution is 2.56. The Morgan fingerprint density at radius 2 is 1.85 bits per heavy atom. The second-order valence-electron chi connectivity index (χ2n) is 3.60. The Hall–Kier alpha value is -0.320. The van der Waals surface area contributed by atoms with Gasteiger partial charge in [-0.05, 0) is 25.8 Å². The van der Waals surface area contributed by atoms with Crippen molar-refractivity contribution in [2.75, 3.05) is 6.54 Å². The molecule has 0 spiro atoms. The SMILES string of the molecule is NCCC1(C(F)(F)C(F)F)CCC1. The zero-order valence-electron chi connectivity index (χ0n) is 7.20. The normalized spacial score (nSPS) is 21.7. The monoisotopic (exact) mass is 199 g/mol. The Bertz CT molecular complexity index is 177. The van der Waals surface area contributed by atoms with Crippen LogP contribution in [0.5, 0.6) is 0 Å². The fourth-order valence-electron chi connectivity index (χ4n) is 1.86. The summed E-state index contributed by atoms with van der Waals surface area (Å²) < 4.78 is 50.2. The van der Waals surface area contributed by atoms with E-state index in [9.17, 15) is 17.6 Å². The minimum Gasteiger partial charge on any atom is -0.330 e. The van der Waals surface area contributed by atoms with Gasteiger partial charge >= 0.3 is 12.3 Å². The second-order valence-corrected chi connectivity index (χ2v) is 3.60. The van der Waals surface area contributed by atoms with E-state index in [2.05, 4.69) is 0 Å². The third-order valence-corrected chi connectivity index (χ3v) is 2.91. The maximum atomic E-state index is 13.0. The highest BCUT2D eigenvalue weighted by atomic mass is 19.3. The molecule has 0 unspecified atom stereocenters. The van der Waals surface area contributed by atoms with Crippen LogP contribution in [0.3, 0.4) is 0 Å². The van der Waals surface area contributed by atoms with Crippen molar-refractivity contribution in [2.24, 2.45) is 11.1 Å². The van der Waals surface area contributed by atoms with E-state index in [-0.39, 0.29) is 25.8 Å². The number of rotatable bonds is 4. The molecule has 5 heteroatoms. The highest BCUT2D eigenvalue weighted by molar-refractivity contribution is 5.00. The van der Waals surface area contributed by atoms with Crippen LogP contribution in [0.4, 0.5) is 17.6 Å². The molecular formula is C8H13F4N. The van der Waals surface area contributed by atoms with Crippen molar-refractivity contribution in [1.82, 2.24) is 0 Å². The van der Waals surface area contributed by atoms with Crippen molar-refractivity contribution in [3.8, 4) is 0 Å². The van der Waals surface area contributed by atoms with Crippen LogP contribution in [0.15, 0.2) is 0 Å². The lowest BCUT2D eigenvalue weighted by molar-refractivity contribution is -0.234. The molecule has 0 radical (unpaired) electrons. The first-order valence-electron chi connectivity index (χ1n) is 4.32. The third kappa shape index (κ3) is 1.54. The van der Waals surface area contributed by atoms with Gasteiger partial charge in [0.1, 0.15) is 0 Å². The molecule has 1 aliphatic carbocycles. The number of alkyl halides is 4. The molecule has 1 aliphatic rings. The molecular weight excluding hydrogens is 186 g/mol. The van der Waals surface area contributed by atoms with Crippen molar-refractivity contribution in [2.45, 2.75) is 38.0 Å². The lowest BCUT2D eigenvalue weighted by atomic mass is 9.62. The molecule has 13 heavy (non-hydrogen) atoms. The summed E-state index contributed by atoms with van der Waals surface area (Å²) in [6.07, 6.45) is -2.64. The summed E-state index contributed by atoms with van der Waals surface area (Å²) in [7, 11) is 0. The Kier molecular flexibility index (Phi) is 2.85. The molecule has 78 valence electrons. The third-order valence-electron chi connectivity index (χ3n) is 2.91. The van der Waals surface area contributed by atoms with E-state index >= 15 is 0 Å². The molecule has 1 rings (SSSR count). The molecule has 2 N–H and O–H groups in total. The fourth-order valence-corrected chi connectivity index (χ4v) is 1.86. The smallest absolute Gasteiger partial charge is 0.313 e. The molecule has 1 fully saturated rings. The minimum atomic E-state index is -3.87. The molecule has 0 aromatic heterocycles. The van der Waals surface area contributed by atoms with Gasteiger partial charge in [0.2, 0.25) is 0 Å². The molecule has 0 bridgehead atoms. The van der Waals surface area contributed by atoms with Crippen LogP contribution >= 0.6 is 0 Å². The van der Waals surface area contributed by atoms with Crippen molar-refractivity contribution >= 4 is 0 Å². The first-order chi connectivity index (χ1) is 5.96. The predicted octanol–water partition coefficient (Wildman–Crippen LogP) is 2.41. The van der Waals surface area contributed by atoms with Gasteiger partial charge in [-0.2, -0.15) is 8.78 Å². The van der Waals surface area contributed by atoms with Crippen LogP contribution < -0.4 is 5.73 Å². The van der Waals surface area contributed by atoms with Gasteiger partial charge in [0.15, 0.2) is 0 Å². The van der Waals surface area contributed by atoms with E-state index in [1.54, 1.807) is 0 Å². The number of hydrogen-bond acceptors (Lipinski definition) is 1. The van der Waals surface area contributed by atoms with E-state index in [1.807, 2.05) is 0 Å². The molecule has 0 atom stereocenters. The first-order valence-corrected chi connectivity index (χ1v) is 4.32. The van der Waals surface area contributed by atoms with Crippen LogP contribution in [0.25, 0.3) is 0 Å². The molecule has 0 heterocycles. The lowest BCUT2D eigenvalue weighted by Crippen LogP contribution is -2.52. The predicted molar refractivity (Wildman–Crippen MR) is 40.9 cm³/mol. The Morgan fingerprint density at radius 1 is 1.31 bits per heavy atom. The second kappa shape index (κ2) is 3.44. The van der Waals surface area contributed by atoms with Crippen LogP contribution in [-0.2, 0) is 0 Å². The van der Waals surface area contributed by atoms with Crippen LogP contribution in [-0.4, -0.2) is 18.9 Å². The van der Waals surface area contributed by atoms with Crippen molar-refractivity contribution in [3.63, 3.8) is 0 Å². The molecule has 0 aromatic carbocycles. The Labute approximate surface area is 74.3 Å². The van der Waals surface area contributed by atoms with Gasteiger partial charge in [-0.15, -0.1) is 0 Å². The summed E-state index contributed by atoms with van der Waals surface area (Å²) in [4.78, 5) is 0. The van der Waals surface area contributed by atoms with Crippen molar-refractivity contribution < 1.29 is 17.6 Å². The van der Waals surface area contributed by atoms with Gasteiger partial charge < -0.3 is 5.73 Å². The van der Waals surface area contributed by atoms with E-state index in [1.165, 1.54) is 0 Å². The van der Waals surface area contributed by atoms with Gasteiger partial charge in [0.25, 0.3) is 0 Å². The molecule has 1 saturated carbocycles. The zero-order chi connectivity index (χ0) is 10.1. The average molecular weight is 199 g/mol. The van der Waals surface area contributed by atoms with Crippen LogP contribution in [0, 0.1) is 5.41 Å². The van der Waals surface area contributed by atoms with Gasteiger partial charge in [0, 0.05) is 5.41 Å². The van der Waals surface area contributed by atoms with E-state index < -0.39 is 17.8 Å². The number of nitrogens with two attached hydrogens (primary N) is 1. The van der Waals surface area contributed by atoms with Crippen molar-refractivity contribution in [1.29, 1.82) is 0 Å². The zero-order valence-corrected chi connectivity index (χ0v) is 7.20. The summed E-state index contributed by atoms with van der Waals surface area (Å²) in [6, 6.07) is 0. The summed E-state index contributed by atoms with van der Waals surface area (Å²) in [5, 5.41) is 0. The largest absolute Gasteiger partial charge is 0.330 e. The Balaban J connectivity index is 2.75. The topological polar surface area (TPSA) is 26.0 Å². The first kappa shape index (κ1) is 10.8. The van der Waals surface area contributed by atoms with E-state index in [0.29, 0.717) is 6.42 Å². The summed E-state index contributed by atoms with van der Waals surface area (Å²) in [6.45, 7) is 0.0440. The van der Waals surface area contributed by atoms with Crippen molar-refractivity contribution in [3.05, 3.63) is 0 Å². The average Bonchev–Trinajstić information content (AvgIpc) is 1.95. The van der Waals surface area contributed by atoms with Crippen LogP contribution in [0.2, 0.25) is 0 Å². The van der Waals surface area contributed by atoms with Gasteiger partial charge in [0.05, 0.1) is 0 Å². The summed E-state index contributed by atoms with van der Waals surface area (Å²) in [5.41, 5.74) is 3.62. The summed E-state index contributed by atoms with van der Waals surface area (Å²) in [5.74, 6) is -3.87. The van der Waals surface area contributed by atoms with Gasteiger partial charge in [-0.3, -0.25) is 0 Å². The standard InChI is InChI=1S/C8H13F4N/c9-6(10)8(11,12)7(4-5-13)2-1-3-7/h6H,1-5,13H2. The minimum absolute atomic E-state index is 0.00958. The van der Waals surface area contributed by atoms with E-state index in [0.717, 1.165) is 0 Å². The summed E-state index contributed by atoms with van der Waals surface area (Å²) >= 11 is 0. The maximum Gasteiger partial charge on any atom is 0.313 e. The molecule has 0 amide bonds. The highest BCUT2D eigenvalue weighted by Gasteiger charge is 2.61. The molecule has 1 nitrogen and oxygen atoms in total. The maximum absolute atomic E-state index is 13.0. The van der Waals surface area contributed by atoms with Crippen LogP contribution in [0.1, 0.15) is 25.7 Å². The van der Waals surface area contributed by atoms with Gasteiger partial charge in [-0.1, -0.05) is 6.42 Å². The lowest BCUT2D eigenvalue weighted by Gasteiger charge is -2.46. The molecule has 0 saturated heterocycles. The fraction of sp³-hybridized carbons (Fsp3) is 1.00. The Morgan fingerprint density at radius 3 is 2.08 bits per heavy atom. The number of hydrogen-bond donors (Lipinski definition) is 1. The molecule has 0 aromatic rings. The quantitative estimate of drug-likeness (QED) is 0.691. The molecule has 0 aliphatic heterocycles. The van der Waals surface area contributed by atoms with Gasteiger partial charge in [-0.25, -0.2) is 8.78 Å². The van der Waals surface area contributed by atoms with E-state index in [4.69, 9.17) is 5.73 Å². The number of halogens is 4.